The van der Waals surface area contributed by atoms with E-state index in [4.69, 9.17) is 0 Å². The molecule has 2 aromatic carbocycles. The minimum Gasteiger partial charge on any atom is -0.342 e. The number of anilines is 1. The average Bonchev–Trinajstić information content (AvgIpc) is 2.85. The van der Waals surface area contributed by atoms with E-state index in [-0.39, 0.29) is 30.0 Å². The van der Waals surface area contributed by atoms with E-state index in [9.17, 15) is 14.0 Å². The molecule has 1 unspecified atom stereocenters. The standard InChI is InChI=1S/C27H24FN3O2/c28-23-12-9-21(10-13-23)18-26(32)31-16-4-6-22(19-31)27(33)30-25-8-3-5-20(17-25)11-14-24-7-1-2-15-29-24/h1-3,5,7-10,12-13,15,17,22H,4,6,16,18-19H2,(H,30,33). The van der Waals surface area contributed by atoms with Crippen molar-refractivity contribution < 1.29 is 14.0 Å². The maximum absolute atomic E-state index is 13.1. The summed E-state index contributed by atoms with van der Waals surface area (Å²) in [6.45, 7) is 1.01. The molecule has 0 bridgehead atoms. The van der Waals surface area contributed by atoms with Gasteiger partial charge in [0.1, 0.15) is 11.5 Å². The molecular weight excluding hydrogens is 417 g/mol. The second kappa shape index (κ2) is 10.6. The van der Waals surface area contributed by atoms with E-state index in [0.717, 1.165) is 24.0 Å². The van der Waals surface area contributed by atoms with E-state index in [1.165, 1.54) is 12.1 Å². The second-order valence-electron chi connectivity index (χ2n) is 8.02. The number of nitrogens with one attached hydrogen (secondary N) is 1. The first kappa shape index (κ1) is 22.2. The Balaban J connectivity index is 1.36. The van der Waals surface area contributed by atoms with Gasteiger partial charge in [-0.3, -0.25) is 9.59 Å². The number of aromatic nitrogens is 1. The van der Waals surface area contributed by atoms with Crippen molar-refractivity contribution in [2.24, 2.45) is 5.92 Å². The first-order valence-electron chi connectivity index (χ1n) is 10.9. The number of halogens is 1. The lowest BCUT2D eigenvalue weighted by Gasteiger charge is -2.32. The Morgan fingerprint density at radius 2 is 1.91 bits per heavy atom. The molecule has 6 heteroatoms. The summed E-state index contributed by atoms with van der Waals surface area (Å²) in [7, 11) is 0. The average molecular weight is 442 g/mol. The number of hydrogen-bond acceptors (Lipinski definition) is 3. The molecule has 1 aromatic heterocycles. The van der Waals surface area contributed by atoms with Crippen LogP contribution in [0.5, 0.6) is 0 Å². The molecule has 0 radical (unpaired) electrons. The van der Waals surface area contributed by atoms with Crippen molar-refractivity contribution in [1.29, 1.82) is 0 Å². The highest BCUT2D eigenvalue weighted by molar-refractivity contribution is 5.93. The van der Waals surface area contributed by atoms with Crippen LogP contribution < -0.4 is 5.32 Å². The van der Waals surface area contributed by atoms with Gasteiger partial charge < -0.3 is 10.2 Å². The third-order valence-electron chi connectivity index (χ3n) is 5.54. The summed E-state index contributed by atoms with van der Waals surface area (Å²) in [5.41, 5.74) is 2.89. The summed E-state index contributed by atoms with van der Waals surface area (Å²) in [4.78, 5) is 31.5. The molecule has 4 rings (SSSR count). The number of benzene rings is 2. The number of piperidine rings is 1. The van der Waals surface area contributed by atoms with Crippen molar-refractivity contribution in [3.8, 4) is 11.8 Å². The van der Waals surface area contributed by atoms with Crippen LogP contribution >= 0.6 is 0 Å². The molecule has 166 valence electrons. The zero-order valence-electron chi connectivity index (χ0n) is 18.1. The molecule has 1 fully saturated rings. The van der Waals surface area contributed by atoms with Crippen molar-refractivity contribution in [3.05, 3.63) is 95.6 Å². The first-order valence-corrected chi connectivity index (χ1v) is 10.9. The molecule has 5 nitrogen and oxygen atoms in total. The smallest absolute Gasteiger partial charge is 0.229 e. The summed E-state index contributed by atoms with van der Waals surface area (Å²) in [5, 5.41) is 2.96. The minimum absolute atomic E-state index is 0.0501. The van der Waals surface area contributed by atoms with Crippen LogP contribution in [0.1, 0.15) is 29.7 Å². The predicted molar refractivity (Wildman–Crippen MR) is 125 cm³/mol. The Morgan fingerprint density at radius 3 is 2.70 bits per heavy atom. The van der Waals surface area contributed by atoms with E-state index in [0.29, 0.717) is 24.5 Å². The molecular formula is C27H24FN3O2. The van der Waals surface area contributed by atoms with Gasteiger partial charge in [0.05, 0.1) is 12.3 Å². The molecule has 33 heavy (non-hydrogen) atoms. The van der Waals surface area contributed by atoms with E-state index in [2.05, 4.69) is 22.1 Å². The number of likely N-dealkylation sites (tertiary alicyclic amines) is 1. The Bertz CT molecular complexity index is 1180. The number of rotatable bonds is 4. The molecule has 1 N–H and O–H groups in total. The number of nitrogens with zero attached hydrogens (tertiary/aromatic N) is 2. The second-order valence-corrected chi connectivity index (χ2v) is 8.02. The number of hydrogen-bond donors (Lipinski definition) is 1. The van der Waals surface area contributed by atoms with Crippen LogP contribution in [0, 0.1) is 23.6 Å². The van der Waals surface area contributed by atoms with Crippen molar-refractivity contribution in [1.82, 2.24) is 9.88 Å². The monoisotopic (exact) mass is 441 g/mol. The fourth-order valence-electron chi connectivity index (χ4n) is 3.80. The van der Waals surface area contributed by atoms with Crippen LogP contribution in [-0.2, 0) is 16.0 Å². The Kier molecular flexibility index (Phi) is 7.11. The van der Waals surface area contributed by atoms with E-state index >= 15 is 0 Å². The van der Waals surface area contributed by atoms with Crippen LogP contribution in [0.15, 0.2) is 72.9 Å². The Morgan fingerprint density at radius 1 is 1.06 bits per heavy atom. The summed E-state index contributed by atoms with van der Waals surface area (Å²) in [5.74, 6) is 5.31. The highest BCUT2D eigenvalue weighted by atomic mass is 19.1. The maximum Gasteiger partial charge on any atom is 0.229 e. The van der Waals surface area contributed by atoms with E-state index < -0.39 is 0 Å². The van der Waals surface area contributed by atoms with Crippen molar-refractivity contribution in [2.45, 2.75) is 19.3 Å². The van der Waals surface area contributed by atoms with E-state index in [1.807, 2.05) is 42.5 Å². The predicted octanol–water partition coefficient (Wildman–Crippen LogP) is 4.04. The third kappa shape index (κ3) is 6.27. The molecule has 1 saturated heterocycles. The topological polar surface area (TPSA) is 62.3 Å². The summed E-state index contributed by atoms with van der Waals surface area (Å²) in [6, 6.07) is 18.9. The van der Waals surface area contributed by atoms with Gasteiger partial charge in [-0.05, 0) is 66.8 Å². The highest BCUT2D eigenvalue weighted by Crippen LogP contribution is 2.20. The van der Waals surface area contributed by atoms with Gasteiger partial charge in [0.2, 0.25) is 11.8 Å². The van der Waals surface area contributed by atoms with Crippen molar-refractivity contribution in [3.63, 3.8) is 0 Å². The molecule has 2 heterocycles. The number of carbonyl (C=O) groups excluding carboxylic acids is 2. The molecule has 1 atom stereocenters. The summed E-state index contributed by atoms with van der Waals surface area (Å²) in [6.07, 6.45) is 3.39. The van der Waals surface area contributed by atoms with Gasteiger partial charge in [-0.25, -0.2) is 9.37 Å². The van der Waals surface area contributed by atoms with Gasteiger partial charge in [0, 0.05) is 30.5 Å². The lowest BCUT2D eigenvalue weighted by molar-refractivity contribution is -0.133. The van der Waals surface area contributed by atoms with Crippen LogP contribution in [0.25, 0.3) is 0 Å². The van der Waals surface area contributed by atoms with Gasteiger partial charge in [-0.2, -0.15) is 0 Å². The molecule has 3 aromatic rings. The van der Waals surface area contributed by atoms with Gasteiger partial charge in [0.25, 0.3) is 0 Å². The van der Waals surface area contributed by atoms with Crippen LogP contribution in [0.4, 0.5) is 10.1 Å². The molecule has 1 aliphatic heterocycles. The van der Waals surface area contributed by atoms with Gasteiger partial charge in [0.15, 0.2) is 0 Å². The quantitative estimate of drug-likeness (QED) is 0.622. The minimum atomic E-state index is -0.326. The van der Waals surface area contributed by atoms with Gasteiger partial charge in [-0.15, -0.1) is 0 Å². The fourth-order valence-corrected chi connectivity index (χ4v) is 3.80. The lowest BCUT2D eigenvalue weighted by Crippen LogP contribution is -2.44. The van der Waals surface area contributed by atoms with Crippen LogP contribution in [0.2, 0.25) is 0 Å². The molecule has 0 saturated carbocycles. The summed E-state index contributed by atoms with van der Waals surface area (Å²) >= 11 is 0. The normalized spacial score (nSPS) is 15.3. The van der Waals surface area contributed by atoms with E-state index in [1.54, 1.807) is 23.2 Å². The Labute approximate surface area is 192 Å². The molecule has 1 aliphatic rings. The van der Waals surface area contributed by atoms with Crippen molar-refractivity contribution in [2.75, 3.05) is 18.4 Å². The number of amides is 2. The third-order valence-corrected chi connectivity index (χ3v) is 5.54. The largest absolute Gasteiger partial charge is 0.342 e. The molecule has 2 amide bonds. The molecule has 0 spiro atoms. The first-order chi connectivity index (χ1) is 16.1. The molecule has 0 aliphatic carbocycles. The fraction of sp³-hybridized carbons (Fsp3) is 0.222. The number of pyridine rings is 1. The van der Waals surface area contributed by atoms with Crippen molar-refractivity contribution >= 4 is 17.5 Å². The SMILES string of the molecule is O=C(Nc1cccc(C#Cc2ccccn2)c1)C1CCCN(C(=O)Cc2ccc(F)cc2)C1. The van der Waals surface area contributed by atoms with Gasteiger partial charge in [-0.1, -0.05) is 30.2 Å². The summed E-state index contributed by atoms with van der Waals surface area (Å²) < 4.78 is 13.1. The lowest BCUT2D eigenvalue weighted by atomic mass is 9.96. The van der Waals surface area contributed by atoms with Crippen LogP contribution in [0.3, 0.4) is 0 Å². The highest BCUT2D eigenvalue weighted by Gasteiger charge is 2.28. The Hall–Kier alpha value is -3.98. The zero-order valence-corrected chi connectivity index (χ0v) is 18.1. The maximum atomic E-state index is 13.1. The van der Waals surface area contributed by atoms with Gasteiger partial charge >= 0.3 is 0 Å². The zero-order chi connectivity index (χ0) is 23.0. The number of carbonyl (C=O) groups is 2. The van der Waals surface area contributed by atoms with Crippen LogP contribution in [-0.4, -0.2) is 34.8 Å².